The number of hydrogen-bond donors (Lipinski definition) is 0. The van der Waals surface area contributed by atoms with E-state index >= 15 is 0 Å². The Labute approximate surface area is 43.7 Å². The van der Waals surface area contributed by atoms with E-state index in [4.69, 9.17) is 4.74 Å². The van der Waals surface area contributed by atoms with E-state index in [1.807, 2.05) is 6.92 Å². The summed E-state index contributed by atoms with van der Waals surface area (Å²) >= 11 is 0. The lowest BCUT2D eigenvalue weighted by Gasteiger charge is -1.94. The molecule has 42 valence electrons. The van der Waals surface area contributed by atoms with Gasteiger partial charge in [-0.25, -0.2) is 0 Å². The molecule has 0 spiro atoms. The maximum atomic E-state index is 4.73. The van der Waals surface area contributed by atoms with E-state index in [2.05, 4.69) is 4.74 Å². The van der Waals surface area contributed by atoms with Crippen LogP contribution in [0.15, 0.2) is 12.0 Å². The molecule has 0 aliphatic rings. The maximum absolute atomic E-state index is 4.73. The molecule has 0 radical (unpaired) electrons. The molecule has 0 aliphatic heterocycles. The van der Waals surface area contributed by atoms with E-state index in [0.717, 1.165) is 5.76 Å². The molecule has 0 atom stereocenters. The van der Waals surface area contributed by atoms with Crippen LogP contribution < -0.4 is 0 Å². The van der Waals surface area contributed by atoms with Gasteiger partial charge in [0.05, 0.1) is 14.2 Å². The van der Waals surface area contributed by atoms with Crippen LogP contribution in [0.1, 0.15) is 6.92 Å². The molecule has 0 aromatic rings. The molecule has 0 N–H and O–H groups in total. The van der Waals surface area contributed by atoms with Crippen molar-refractivity contribution < 1.29 is 9.47 Å². The van der Waals surface area contributed by atoms with E-state index in [1.165, 1.54) is 0 Å². The van der Waals surface area contributed by atoms with Crippen LogP contribution >= 0.6 is 0 Å². The van der Waals surface area contributed by atoms with Crippen molar-refractivity contribution in [2.75, 3.05) is 14.2 Å². The highest BCUT2D eigenvalue weighted by molar-refractivity contribution is 4.79. The van der Waals surface area contributed by atoms with Gasteiger partial charge in [-0.1, -0.05) is 0 Å². The Morgan fingerprint density at radius 3 is 2.14 bits per heavy atom. The van der Waals surface area contributed by atoms with Crippen molar-refractivity contribution in [3.63, 3.8) is 0 Å². The van der Waals surface area contributed by atoms with Crippen molar-refractivity contribution >= 4 is 0 Å². The summed E-state index contributed by atoms with van der Waals surface area (Å²) in [4.78, 5) is 0. The standard InChI is InChI=1S/C5H10O2/c1-5(7-3)4-6-2/h4H,1-3H3/b5-4+. The Hall–Kier alpha value is -0.660. The molecule has 0 fully saturated rings. The molecule has 2 nitrogen and oxygen atoms in total. The first-order chi connectivity index (χ1) is 3.31. The predicted molar refractivity (Wildman–Crippen MR) is 27.8 cm³/mol. The third kappa shape index (κ3) is 3.16. The molecule has 0 aromatic carbocycles. The number of hydrogen-bond acceptors (Lipinski definition) is 2. The first-order valence-corrected chi connectivity index (χ1v) is 2.04. The summed E-state index contributed by atoms with van der Waals surface area (Å²) in [5.41, 5.74) is 0. The van der Waals surface area contributed by atoms with Crippen molar-refractivity contribution in [2.45, 2.75) is 6.92 Å². The molecule has 0 heterocycles. The van der Waals surface area contributed by atoms with Crippen molar-refractivity contribution in [1.82, 2.24) is 0 Å². The fourth-order valence-electron chi connectivity index (χ4n) is 0.214. The lowest BCUT2D eigenvalue weighted by Crippen LogP contribution is -1.78. The largest absolute Gasteiger partial charge is 0.501 e. The highest BCUT2D eigenvalue weighted by atomic mass is 16.5. The minimum Gasteiger partial charge on any atom is -0.501 e. The summed E-state index contributed by atoms with van der Waals surface area (Å²) in [5, 5.41) is 0. The van der Waals surface area contributed by atoms with Gasteiger partial charge in [-0.3, -0.25) is 0 Å². The average molecular weight is 102 g/mol. The summed E-state index contributed by atoms with van der Waals surface area (Å²) in [6.07, 6.45) is 1.54. The fraction of sp³-hybridized carbons (Fsp3) is 0.600. The Bertz CT molecular complexity index is 66.5. The van der Waals surface area contributed by atoms with E-state index in [0.29, 0.717) is 0 Å². The minimum absolute atomic E-state index is 0.780. The van der Waals surface area contributed by atoms with Crippen LogP contribution in [0, 0.1) is 0 Å². The van der Waals surface area contributed by atoms with Crippen LogP contribution in [-0.4, -0.2) is 14.2 Å². The van der Waals surface area contributed by atoms with Gasteiger partial charge in [0.25, 0.3) is 0 Å². The van der Waals surface area contributed by atoms with Crippen LogP contribution in [0.25, 0.3) is 0 Å². The normalized spacial score (nSPS) is 11.0. The second kappa shape index (κ2) is 3.53. The summed E-state index contributed by atoms with van der Waals surface area (Å²) < 4.78 is 9.33. The summed E-state index contributed by atoms with van der Waals surface area (Å²) in [6.45, 7) is 1.82. The molecule has 7 heavy (non-hydrogen) atoms. The van der Waals surface area contributed by atoms with Gasteiger partial charge in [0.15, 0.2) is 0 Å². The molecule has 2 heteroatoms. The molecule has 0 unspecified atom stereocenters. The zero-order valence-electron chi connectivity index (χ0n) is 4.89. The maximum Gasteiger partial charge on any atom is 0.127 e. The predicted octanol–water partition coefficient (Wildman–Crippen LogP) is 1.14. The smallest absolute Gasteiger partial charge is 0.127 e. The monoisotopic (exact) mass is 102 g/mol. The van der Waals surface area contributed by atoms with Gasteiger partial charge < -0.3 is 9.47 Å². The Morgan fingerprint density at radius 2 is 2.00 bits per heavy atom. The highest BCUT2D eigenvalue weighted by Crippen LogP contribution is 1.89. The van der Waals surface area contributed by atoms with Gasteiger partial charge in [0.1, 0.15) is 12.0 Å². The molecular formula is C5H10O2. The van der Waals surface area contributed by atoms with Crippen LogP contribution in [0.2, 0.25) is 0 Å². The quantitative estimate of drug-likeness (QED) is 0.487. The lowest BCUT2D eigenvalue weighted by molar-refractivity contribution is 0.251. The molecule has 0 saturated heterocycles. The van der Waals surface area contributed by atoms with Crippen molar-refractivity contribution in [3.8, 4) is 0 Å². The second-order valence-electron chi connectivity index (χ2n) is 1.17. The zero-order chi connectivity index (χ0) is 5.70. The van der Waals surface area contributed by atoms with Gasteiger partial charge in [0, 0.05) is 0 Å². The topological polar surface area (TPSA) is 18.5 Å². The van der Waals surface area contributed by atoms with Crippen molar-refractivity contribution in [1.29, 1.82) is 0 Å². The second-order valence-corrected chi connectivity index (χ2v) is 1.17. The number of methoxy groups -OCH3 is 2. The molecule has 0 rings (SSSR count). The minimum atomic E-state index is 0.780. The van der Waals surface area contributed by atoms with E-state index in [9.17, 15) is 0 Å². The first kappa shape index (κ1) is 6.34. The van der Waals surface area contributed by atoms with E-state index in [1.54, 1.807) is 20.5 Å². The Balaban J connectivity index is 3.29. The summed E-state index contributed by atoms with van der Waals surface area (Å²) in [7, 11) is 3.19. The summed E-state index contributed by atoms with van der Waals surface area (Å²) in [6, 6.07) is 0. The van der Waals surface area contributed by atoms with Gasteiger partial charge in [-0.2, -0.15) is 0 Å². The first-order valence-electron chi connectivity index (χ1n) is 2.04. The summed E-state index contributed by atoms with van der Waals surface area (Å²) in [5.74, 6) is 0.780. The molecule has 0 amide bonds. The van der Waals surface area contributed by atoms with Crippen LogP contribution in [0.3, 0.4) is 0 Å². The molecule has 0 saturated carbocycles. The number of allylic oxidation sites excluding steroid dienone is 1. The van der Waals surface area contributed by atoms with E-state index < -0.39 is 0 Å². The average Bonchev–Trinajstić information content (AvgIpc) is 1.68. The van der Waals surface area contributed by atoms with Crippen LogP contribution in [0.4, 0.5) is 0 Å². The molecule has 0 bridgehead atoms. The third-order valence-electron chi connectivity index (χ3n) is 0.606. The SMILES string of the molecule is CO/C=C(\C)OC. The third-order valence-corrected chi connectivity index (χ3v) is 0.606. The van der Waals surface area contributed by atoms with Crippen molar-refractivity contribution in [2.24, 2.45) is 0 Å². The number of rotatable bonds is 2. The van der Waals surface area contributed by atoms with E-state index in [-0.39, 0.29) is 0 Å². The van der Waals surface area contributed by atoms with Crippen LogP contribution in [0.5, 0.6) is 0 Å². The Morgan fingerprint density at radius 1 is 1.43 bits per heavy atom. The van der Waals surface area contributed by atoms with Gasteiger partial charge in [0.2, 0.25) is 0 Å². The molecular weight excluding hydrogens is 92.1 g/mol. The van der Waals surface area contributed by atoms with Gasteiger partial charge >= 0.3 is 0 Å². The van der Waals surface area contributed by atoms with Gasteiger partial charge in [-0.05, 0) is 6.92 Å². The highest BCUT2D eigenvalue weighted by Gasteiger charge is 1.77. The van der Waals surface area contributed by atoms with Gasteiger partial charge in [-0.15, -0.1) is 0 Å². The van der Waals surface area contributed by atoms with Crippen LogP contribution in [-0.2, 0) is 9.47 Å². The number of ether oxygens (including phenoxy) is 2. The lowest BCUT2D eigenvalue weighted by atomic mass is 10.6. The molecule has 0 aliphatic carbocycles. The fourth-order valence-corrected chi connectivity index (χ4v) is 0.214. The Kier molecular flexibility index (Phi) is 3.19. The van der Waals surface area contributed by atoms with Crippen molar-refractivity contribution in [3.05, 3.63) is 12.0 Å². The zero-order valence-corrected chi connectivity index (χ0v) is 4.89. The molecule has 0 aromatic heterocycles.